The normalized spacial score (nSPS) is 10.7. The molecule has 0 aliphatic heterocycles. The molecule has 0 saturated heterocycles. The van der Waals surface area contributed by atoms with Gasteiger partial charge >= 0.3 is 5.97 Å². The van der Waals surface area contributed by atoms with Gasteiger partial charge in [-0.3, -0.25) is 0 Å². The van der Waals surface area contributed by atoms with Crippen molar-refractivity contribution >= 4 is 16.9 Å². The van der Waals surface area contributed by atoms with Gasteiger partial charge in [-0.25, -0.2) is 4.79 Å². The summed E-state index contributed by atoms with van der Waals surface area (Å²) in [5.41, 5.74) is 1.66. The molecule has 0 aliphatic carbocycles. The third kappa shape index (κ3) is 4.58. The molecule has 4 rings (SSSR count). The second kappa shape index (κ2) is 8.80. The van der Waals surface area contributed by atoms with E-state index in [0.29, 0.717) is 11.3 Å². The lowest BCUT2D eigenvalue weighted by molar-refractivity contribution is 0.0734. The fraction of sp³-hybridized carbons (Fsp3) is 0.0385. The molecular weight excluding hydrogens is 376 g/mol. The van der Waals surface area contributed by atoms with E-state index in [1.165, 1.54) is 14.7 Å². The first-order valence-corrected chi connectivity index (χ1v) is 10.7. The van der Waals surface area contributed by atoms with E-state index in [2.05, 4.69) is 48.5 Å². The number of carbonyl (C=O) groups is 1. The lowest BCUT2D eigenvalue weighted by Crippen LogP contribution is -2.09. The lowest BCUT2D eigenvalue weighted by atomic mass is 10.1. The minimum Gasteiger partial charge on any atom is -0.423 e. The van der Waals surface area contributed by atoms with E-state index in [9.17, 15) is 4.79 Å². The summed E-state index contributed by atoms with van der Waals surface area (Å²) in [7, 11) is -0.215. The van der Waals surface area contributed by atoms with Gasteiger partial charge in [0.15, 0.2) is 14.7 Å². The Morgan fingerprint density at radius 3 is 1.62 bits per heavy atom. The van der Waals surface area contributed by atoms with Crippen molar-refractivity contribution in [3.63, 3.8) is 0 Å². The molecule has 0 atom stereocenters. The summed E-state index contributed by atoms with van der Waals surface area (Å²) in [4.78, 5) is 16.1. The van der Waals surface area contributed by atoms with Crippen LogP contribution in [0, 0.1) is 6.92 Å². The third-order valence-corrected chi connectivity index (χ3v) is 6.75. The van der Waals surface area contributed by atoms with Gasteiger partial charge in [-0.2, -0.15) is 0 Å². The van der Waals surface area contributed by atoms with Crippen LogP contribution in [0.2, 0.25) is 0 Å². The fourth-order valence-corrected chi connectivity index (χ4v) is 5.10. The summed E-state index contributed by atoms with van der Waals surface area (Å²) in [6.45, 7) is 1.99. The van der Waals surface area contributed by atoms with Crippen LogP contribution in [0.15, 0.2) is 124 Å². The van der Waals surface area contributed by atoms with Crippen molar-refractivity contribution in [3.8, 4) is 5.75 Å². The smallest absolute Gasteiger partial charge is 0.343 e. The van der Waals surface area contributed by atoms with Gasteiger partial charge in [-0.1, -0.05) is 54.1 Å². The summed E-state index contributed by atoms with van der Waals surface area (Å²) >= 11 is 0. The quantitative estimate of drug-likeness (QED) is 0.224. The van der Waals surface area contributed by atoms with E-state index in [1.54, 1.807) is 12.1 Å². The van der Waals surface area contributed by atoms with E-state index >= 15 is 0 Å². The van der Waals surface area contributed by atoms with Gasteiger partial charge in [0.2, 0.25) is 0 Å². The molecule has 0 bridgehead atoms. The zero-order valence-corrected chi connectivity index (χ0v) is 16.9. The lowest BCUT2D eigenvalue weighted by Gasteiger charge is -2.09. The summed E-state index contributed by atoms with van der Waals surface area (Å²) in [5, 5.41) is 0. The maximum atomic E-state index is 12.4. The van der Waals surface area contributed by atoms with E-state index < -0.39 is 0 Å². The highest BCUT2D eigenvalue weighted by Gasteiger charge is 2.28. The Morgan fingerprint density at radius 1 is 0.621 bits per heavy atom. The van der Waals surface area contributed by atoms with Crippen LogP contribution >= 0.6 is 0 Å². The van der Waals surface area contributed by atoms with E-state index in [-0.39, 0.29) is 16.9 Å². The molecule has 0 spiro atoms. The number of hydrogen-bond acceptors (Lipinski definition) is 2. The van der Waals surface area contributed by atoms with E-state index in [1.807, 2.05) is 55.5 Å². The van der Waals surface area contributed by atoms with Crippen LogP contribution in [0.5, 0.6) is 5.75 Å². The second-order valence-corrected chi connectivity index (χ2v) is 8.69. The molecule has 4 aromatic carbocycles. The summed E-state index contributed by atoms with van der Waals surface area (Å²) < 4.78 is 5.55. The van der Waals surface area contributed by atoms with Crippen LogP contribution in [0.1, 0.15) is 15.9 Å². The van der Waals surface area contributed by atoms with Crippen molar-refractivity contribution in [2.45, 2.75) is 21.6 Å². The number of esters is 1. The van der Waals surface area contributed by atoms with Gasteiger partial charge < -0.3 is 4.74 Å². The Balaban J connectivity index is 1.59. The Kier molecular flexibility index (Phi) is 5.78. The molecule has 0 N–H and O–H groups in total. The number of carbonyl (C=O) groups excluding carboxylic acids is 1. The summed E-state index contributed by atoms with van der Waals surface area (Å²) in [6.07, 6.45) is 0. The maximum Gasteiger partial charge on any atom is 0.343 e. The van der Waals surface area contributed by atoms with Crippen LogP contribution in [0.3, 0.4) is 0 Å². The average molecular weight is 398 g/mol. The predicted molar refractivity (Wildman–Crippen MR) is 118 cm³/mol. The molecule has 0 radical (unpaired) electrons. The van der Waals surface area contributed by atoms with Gasteiger partial charge in [-0.15, -0.1) is 0 Å². The van der Waals surface area contributed by atoms with Gasteiger partial charge in [0.1, 0.15) is 5.75 Å². The molecular formula is C26H21O2S+. The van der Waals surface area contributed by atoms with Crippen molar-refractivity contribution in [1.29, 1.82) is 0 Å². The Hall–Kier alpha value is -3.30. The molecule has 0 saturated carbocycles. The standard InChI is InChI=1S/C26H21O2S/c1-20-12-14-21(15-13-20)26(27)28-22-16-18-25(19-17-22)29(23-8-4-2-5-9-23)24-10-6-3-7-11-24/h2-19H,1H3/q+1. The zero-order valence-electron chi connectivity index (χ0n) is 16.1. The topological polar surface area (TPSA) is 26.3 Å². The average Bonchev–Trinajstić information content (AvgIpc) is 2.77. The van der Waals surface area contributed by atoms with Gasteiger partial charge in [0, 0.05) is 0 Å². The van der Waals surface area contributed by atoms with Crippen LogP contribution in [-0.4, -0.2) is 5.97 Å². The Labute approximate surface area is 174 Å². The SMILES string of the molecule is Cc1ccc(C(=O)Oc2ccc([S+](c3ccccc3)c3ccccc3)cc2)cc1. The van der Waals surface area contributed by atoms with Gasteiger partial charge in [0.05, 0.1) is 16.5 Å². The van der Waals surface area contributed by atoms with Crippen molar-refractivity contribution in [2.75, 3.05) is 0 Å². The Morgan fingerprint density at radius 2 is 1.10 bits per heavy atom. The highest BCUT2D eigenvalue weighted by Crippen LogP contribution is 2.32. The van der Waals surface area contributed by atoms with Crippen molar-refractivity contribution in [1.82, 2.24) is 0 Å². The molecule has 3 heteroatoms. The van der Waals surface area contributed by atoms with Gasteiger partial charge in [-0.05, 0) is 67.6 Å². The number of rotatable bonds is 5. The number of aryl methyl sites for hydroxylation is 1. The zero-order chi connectivity index (χ0) is 20.1. The largest absolute Gasteiger partial charge is 0.423 e. The molecule has 2 nitrogen and oxygen atoms in total. The highest BCUT2D eigenvalue weighted by molar-refractivity contribution is 7.97. The first-order chi connectivity index (χ1) is 14.2. The Bertz CT molecular complexity index is 1030. The van der Waals surface area contributed by atoms with Gasteiger partial charge in [0.25, 0.3) is 0 Å². The molecule has 29 heavy (non-hydrogen) atoms. The van der Waals surface area contributed by atoms with Crippen LogP contribution < -0.4 is 4.74 Å². The van der Waals surface area contributed by atoms with Crippen LogP contribution in [0.25, 0.3) is 0 Å². The molecule has 142 valence electrons. The minimum absolute atomic E-state index is 0.215. The van der Waals surface area contributed by atoms with Crippen molar-refractivity contribution in [3.05, 3.63) is 120 Å². The fourth-order valence-electron chi connectivity index (χ4n) is 3.02. The molecule has 0 aromatic heterocycles. The van der Waals surface area contributed by atoms with Crippen LogP contribution in [0.4, 0.5) is 0 Å². The summed E-state index contributed by atoms with van der Waals surface area (Å²) in [6, 6.07) is 36.2. The third-order valence-electron chi connectivity index (χ3n) is 4.52. The first-order valence-electron chi connectivity index (χ1n) is 9.44. The molecule has 0 amide bonds. The molecule has 4 aromatic rings. The maximum absolute atomic E-state index is 12.4. The number of ether oxygens (including phenoxy) is 1. The summed E-state index contributed by atoms with van der Waals surface area (Å²) in [5.74, 6) is 0.201. The molecule has 0 aliphatic rings. The molecule has 0 heterocycles. The van der Waals surface area contributed by atoms with E-state index in [4.69, 9.17) is 4.74 Å². The first kappa shape index (κ1) is 19.0. The monoisotopic (exact) mass is 397 g/mol. The number of benzene rings is 4. The highest BCUT2D eigenvalue weighted by atomic mass is 32.2. The minimum atomic E-state index is -0.345. The number of hydrogen-bond donors (Lipinski definition) is 0. The predicted octanol–water partition coefficient (Wildman–Crippen LogP) is 6.31. The van der Waals surface area contributed by atoms with Crippen LogP contribution in [-0.2, 0) is 10.9 Å². The molecule has 0 unspecified atom stereocenters. The van der Waals surface area contributed by atoms with Crippen molar-refractivity contribution in [2.24, 2.45) is 0 Å². The second-order valence-electron chi connectivity index (χ2n) is 6.66. The molecule has 0 fully saturated rings. The van der Waals surface area contributed by atoms with Crippen molar-refractivity contribution < 1.29 is 9.53 Å². The van der Waals surface area contributed by atoms with E-state index in [0.717, 1.165) is 5.56 Å².